The van der Waals surface area contributed by atoms with Crippen LogP contribution in [0.2, 0.25) is 0 Å². The second kappa shape index (κ2) is 3.35. The molecule has 82 valence electrons. The molecule has 0 saturated carbocycles. The smallest absolute Gasteiger partial charge is 0.339 e. The number of halogens is 1. The molecule has 3 nitrogen and oxygen atoms in total. The van der Waals surface area contributed by atoms with Crippen molar-refractivity contribution in [3.8, 4) is 5.75 Å². The quantitative estimate of drug-likeness (QED) is 0.805. The normalized spacial score (nSPS) is 25.1. The fourth-order valence-electron chi connectivity index (χ4n) is 2.36. The Labute approximate surface area is 101 Å². The SMILES string of the molecule is O=C(O)c1cc(Br)cc2c1OC1CC=CC21. The van der Waals surface area contributed by atoms with E-state index in [1.807, 2.05) is 6.07 Å². The number of fused-ring (bicyclic) bond motifs is 3. The first-order chi connectivity index (χ1) is 7.66. The Morgan fingerprint density at radius 3 is 3.06 bits per heavy atom. The molecule has 1 aliphatic heterocycles. The molecule has 0 spiro atoms. The average Bonchev–Trinajstić information content (AvgIpc) is 2.77. The van der Waals surface area contributed by atoms with Gasteiger partial charge in [-0.25, -0.2) is 4.79 Å². The molecule has 0 radical (unpaired) electrons. The summed E-state index contributed by atoms with van der Waals surface area (Å²) >= 11 is 3.34. The highest BCUT2D eigenvalue weighted by atomic mass is 79.9. The predicted molar refractivity (Wildman–Crippen MR) is 62.0 cm³/mol. The standard InChI is InChI=1S/C12H9BrO3/c13-6-4-8-7-2-1-3-10(7)16-11(8)9(5-6)12(14)15/h1-2,4-5,7,10H,3H2,(H,14,15). The summed E-state index contributed by atoms with van der Waals surface area (Å²) in [6.07, 6.45) is 5.12. The van der Waals surface area contributed by atoms with E-state index in [0.717, 1.165) is 16.5 Å². The van der Waals surface area contributed by atoms with Crippen LogP contribution in [0.15, 0.2) is 28.8 Å². The highest BCUT2D eigenvalue weighted by Gasteiger charge is 2.37. The molecule has 0 fully saturated rings. The maximum absolute atomic E-state index is 11.1. The third kappa shape index (κ3) is 1.29. The van der Waals surface area contributed by atoms with Crippen molar-refractivity contribution < 1.29 is 14.6 Å². The number of carboxylic acids is 1. The first-order valence-electron chi connectivity index (χ1n) is 5.07. The summed E-state index contributed by atoms with van der Waals surface area (Å²) in [4.78, 5) is 11.1. The van der Waals surface area contributed by atoms with Gasteiger partial charge in [0, 0.05) is 22.4 Å². The van der Waals surface area contributed by atoms with E-state index < -0.39 is 5.97 Å². The second-order valence-electron chi connectivity index (χ2n) is 4.02. The van der Waals surface area contributed by atoms with E-state index in [4.69, 9.17) is 9.84 Å². The molecule has 16 heavy (non-hydrogen) atoms. The highest BCUT2D eigenvalue weighted by molar-refractivity contribution is 9.10. The number of aromatic carboxylic acids is 1. The van der Waals surface area contributed by atoms with E-state index in [1.54, 1.807) is 6.07 Å². The summed E-state index contributed by atoms with van der Waals surface area (Å²) in [6, 6.07) is 3.54. The Morgan fingerprint density at radius 1 is 1.50 bits per heavy atom. The number of benzene rings is 1. The van der Waals surface area contributed by atoms with Crippen LogP contribution in [0.3, 0.4) is 0 Å². The number of carboxylic acid groups (broad SMARTS) is 1. The molecule has 4 heteroatoms. The zero-order chi connectivity index (χ0) is 11.3. The lowest BCUT2D eigenvalue weighted by molar-refractivity contribution is 0.0691. The molecule has 2 aliphatic rings. The molecule has 1 aliphatic carbocycles. The largest absolute Gasteiger partial charge is 0.488 e. The lowest BCUT2D eigenvalue weighted by atomic mass is 9.97. The van der Waals surface area contributed by atoms with E-state index in [-0.39, 0.29) is 17.6 Å². The molecular formula is C12H9BrO3. The van der Waals surface area contributed by atoms with Crippen LogP contribution in [0, 0.1) is 0 Å². The van der Waals surface area contributed by atoms with Crippen molar-refractivity contribution >= 4 is 21.9 Å². The number of carbonyl (C=O) groups is 1. The van der Waals surface area contributed by atoms with Gasteiger partial charge in [0.15, 0.2) is 0 Å². The van der Waals surface area contributed by atoms with Crippen LogP contribution in [0.1, 0.15) is 28.3 Å². The van der Waals surface area contributed by atoms with Crippen LogP contribution in [-0.4, -0.2) is 17.2 Å². The minimum atomic E-state index is -0.943. The van der Waals surface area contributed by atoms with Gasteiger partial charge >= 0.3 is 5.97 Å². The summed E-state index contributed by atoms with van der Waals surface area (Å²) in [5.74, 6) is -0.192. The summed E-state index contributed by atoms with van der Waals surface area (Å²) in [7, 11) is 0. The van der Waals surface area contributed by atoms with Crippen molar-refractivity contribution in [2.75, 3.05) is 0 Å². The van der Waals surface area contributed by atoms with E-state index in [1.165, 1.54) is 0 Å². The van der Waals surface area contributed by atoms with Crippen molar-refractivity contribution in [2.24, 2.45) is 0 Å². The molecule has 0 aromatic heterocycles. The van der Waals surface area contributed by atoms with Gasteiger partial charge in [-0.1, -0.05) is 28.1 Å². The fraction of sp³-hybridized carbons (Fsp3) is 0.250. The van der Waals surface area contributed by atoms with Gasteiger partial charge < -0.3 is 9.84 Å². The van der Waals surface area contributed by atoms with Crippen LogP contribution in [-0.2, 0) is 0 Å². The van der Waals surface area contributed by atoms with E-state index >= 15 is 0 Å². The summed E-state index contributed by atoms with van der Waals surface area (Å²) in [5.41, 5.74) is 1.22. The zero-order valence-electron chi connectivity index (χ0n) is 8.31. The molecule has 1 aromatic rings. The van der Waals surface area contributed by atoms with E-state index in [0.29, 0.717) is 5.75 Å². The molecule has 1 aromatic carbocycles. The molecule has 1 heterocycles. The summed E-state index contributed by atoms with van der Waals surface area (Å²) in [5, 5.41) is 9.12. The van der Waals surface area contributed by atoms with Gasteiger partial charge in [-0.05, 0) is 12.1 Å². The monoisotopic (exact) mass is 280 g/mol. The van der Waals surface area contributed by atoms with Crippen molar-refractivity contribution in [3.05, 3.63) is 39.9 Å². The zero-order valence-corrected chi connectivity index (χ0v) is 9.90. The number of hydrogen-bond acceptors (Lipinski definition) is 2. The second-order valence-corrected chi connectivity index (χ2v) is 4.94. The van der Waals surface area contributed by atoms with Crippen LogP contribution < -0.4 is 4.74 Å². The van der Waals surface area contributed by atoms with Crippen molar-refractivity contribution in [1.82, 2.24) is 0 Å². The third-order valence-electron chi connectivity index (χ3n) is 3.05. The number of hydrogen-bond donors (Lipinski definition) is 1. The fourth-order valence-corrected chi connectivity index (χ4v) is 2.83. The molecule has 3 rings (SSSR count). The molecular weight excluding hydrogens is 272 g/mol. The Morgan fingerprint density at radius 2 is 2.31 bits per heavy atom. The van der Waals surface area contributed by atoms with Gasteiger partial charge in [-0.2, -0.15) is 0 Å². The maximum atomic E-state index is 11.1. The molecule has 2 unspecified atom stereocenters. The first kappa shape index (κ1) is 9.90. The topological polar surface area (TPSA) is 46.5 Å². The Hall–Kier alpha value is -1.29. The minimum absolute atomic E-state index is 0.0856. The van der Waals surface area contributed by atoms with Crippen molar-refractivity contribution in [1.29, 1.82) is 0 Å². The lowest BCUT2D eigenvalue weighted by Gasteiger charge is -2.08. The Balaban J connectivity index is 2.20. The van der Waals surface area contributed by atoms with Gasteiger partial charge in [-0.3, -0.25) is 0 Å². The van der Waals surface area contributed by atoms with Crippen LogP contribution in [0.4, 0.5) is 0 Å². The predicted octanol–water partition coefficient (Wildman–Crippen LogP) is 2.95. The van der Waals surface area contributed by atoms with E-state index in [2.05, 4.69) is 28.1 Å². The average molecular weight is 281 g/mol. The van der Waals surface area contributed by atoms with Gasteiger partial charge in [0.1, 0.15) is 17.4 Å². The van der Waals surface area contributed by atoms with Crippen molar-refractivity contribution in [3.63, 3.8) is 0 Å². The Bertz CT molecular complexity index is 507. The third-order valence-corrected chi connectivity index (χ3v) is 3.51. The summed E-state index contributed by atoms with van der Waals surface area (Å²) in [6.45, 7) is 0. The molecule has 0 amide bonds. The van der Waals surface area contributed by atoms with Gasteiger partial charge in [0.05, 0.1) is 0 Å². The van der Waals surface area contributed by atoms with Crippen LogP contribution >= 0.6 is 15.9 Å². The van der Waals surface area contributed by atoms with Crippen molar-refractivity contribution in [2.45, 2.75) is 18.4 Å². The maximum Gasteiger partial charge on any atom is 0.339 e. The van der Waals surface area contributed by atoms with Gasteiger partial charge in [0.2, 0.25) is 0 Å². The van der Waals surface area contributed by atoms with E-state index in [9.17, 15) is 4.79 Å². The molecule has 2 atom stereocenters. The Kier molecular flexibility index (Phi) is 2.07. The highest BCUT2D eigenvalue weighted by Crippen LogP contribution is 2.46. The number of ether oxygens (including phenoxy) is 1. The molecule has 0 saturated heterocycles. The molecule has 1 N–H and O–H groups in total. The first-order valence-corrected chi connectivity index (χ1v) is 5.86. The van der Waals surface area contributed by atoms with Gasteiger partial charge in [-0.15, -0.1) is 0 Å². The van der Waals surface area contributed by atoms with Crippen LogP contribution in [0.5, 0.6) is 5.75 Å². The summed E-state index contributed by atoms with van der Waals surface area (Å²) < 4.78 is 6.50. The molecule has 0 bridgehead atoms. The van der Waals surface area contributed by atoms with Crippen LogP contribution in [0.25, 0.3) is 0 Å². The minimum Gasteiger partial charge on any atom is -0.488 e. The lowest BCUT2D eigenvalue weighted by Crippen LogP contribution is -2.12. The van der Waals surface area contributed by atoms with Gasteiger partial charge in [0.25, 0.3) is 0 Å². The number of rotatable bonds is 1.